The Morgan fingerprint density at radius 1 is 1.31 bits per heavy atom. The predicted octanol–water partition coefficient (Wildman–Crippen LogP) is 3.63. The molecule has 196 valence electrons. The average molecular weight is 529 g/mol. The standard InChI is InChI=1S/C22H28ClF3N8O2/c1-33(11-15(36-2)6-9-34-13-31-18-19(27)29-12-30-20(18)34)8-3-7-28-21(35)32-14-4-5-17(23)16(10-14)22(24,25)26/h4-5,10,12-13,15H,3,6-9,11H2,1-2H3,(H2,27,29,30)(H2,28,32,35). The van der Waals surface area contributed by atoms with Crippen molar-refractivity contribution in [2.75, 3.05) is 44.8 Å². The number of benzene rings is 1. The zero-order chi connectivity index (χ0) is 26.3. The van der Waals surface area contributed by atoms with Gasteiger partial charge in [-0.25, -0.2) is 19.7 Å². The molecule has 0 aliphatic heterocycles. The summed E-state index contributed by atoms with van der Waals surface area (Å²) in [7, 11) is 3.59. The second-order valence-corrected chi connectivity index (χ2v) is 8.61. The molecule has 3 rings (SSSR count). The molecule has 14 heteroatoms. The van der Waals surface area contributed by atoms with Crippen LogP contribution in [-0.2, 0) is 17.5 Å². The Hall–Kier alpha value is -3.16. The zero-order valence-corrected chi connectivity index (χ0v) is 20.6. The van der Waals surface area contributed by atoms with Crippen LogP contribution in [0.4, 0.5) is 29.5 Å². The number of nitrogen functional groups attached to an aromatic ring is 1. The number of alkyl halides is 3. The lowest BCUT2D eigenvalue weighted by molar-refractivity contribution is -0.137. The molecule has 0 saturated heterocycles. The van der Waals surface area contributed by atoms with Gasteiger partial charge in [-0.05, 0) is 44.6 Å². The number of nitrogens with two attached hydrogens (primary N) is 1. The molecule has 36 heavy (non-hydrogen) atoms. The van der Waals surface area contributed by atoms with E-state index in [1.807, 2.05) is 11.6 Å². The third-order valence-electron chi connectivity index (χ3n) is 5.50. The maximum atomic E-state index is 13.0. The first kappa shape index (κ1) is 27.4. The predicted molar refractivity (Wildman–Crippen MR) is 131 cm³/mol. The Bertz CT molecular complexity index is 1170. The number of carbonyl (C=O) groups excluding carboxylic acids is 1. The van der Waals surface area contributed by atoms with Crippen molar-refractivity contribution in [1.82, 2.24) is 29.7 Å². The van der Waals surface area contributed by atoms with E-state index >= 15 is 0 Å². The molecule has 2 amide bonds. The molecule has 10 nitrogen and oxygen atoms in total. The number of halogens is 4. The van der Waals surface area contributed by atoms with Crippen LogP contribution < -0.4 is 16.4 Å². The number of carbonyl (C=O) groups is 1. The van der Waals surface area contributed by atoms with Crippen molar-refractivity contribution in [3.8, 4) is 0 Å². The number of hydrogen-bond acceptors (Lipinski definition) is 7. The smallest absolute Gasteiger partial charge is 0.382 e. The van der Waals surface area contributed by atoms with Crippen LogP contribution >= 0.6 is 11.6 Å². The fourth-order valence-electron chi connectivity index (χ4n) is 3.61. The SMILES string of the molecule is COC(CCn1cnc2c(N)ncnc21)CN(C)CCCNC(=O)Nc1ccc(Cl)c(C(F)(F)F)c1. The number of likely N-dealkylation sites (N-methyl/N-ethyl adjacent to an activating group) is 1. The first-order valence-electron chi connectivity index (χ1n) is 11.1. The van der Waals surface area contributed by atoms with Crippen molar-refractivity contribution in [3.63, 3.8) is 0 Å². The van der Waals surface area contributed by atoms with Gasteiger partial charge in [-0.2, -0.15) is 13.2 Å². The van der Waals surface area contributed by atoms with E-state index in [1.54, 1.807) is 13.4 Å². The van der Waals surface area contributed by atoms with E-state index in [0.29, 0.717) is 49.6 Å². The number of aromatic nitrogens is 4. The second kappa shape index (κ2) is 12.2. The molecule has 0 spiro atoms. The lowest BCUT2D eigenvalue weighted by Gasteiger charge is -2.23. The molecule has 3 aromatic rings. The van der Waals surface area contributed by atoms with Crippen molar-refractivity contribution in [2.45, 2.75) is 31.7 Å². The number of ether oxygens (including phenoxy) is 1. The quantitative estimate of drug-likeness (QED) is 0.325. The third-order valence-corrected chi connectivity index (χ3v) is 5.83. The maximum absolute atomic E-state index is 13.0. The van der Waals surface area contributed by atoms with Gasteiger partial charge in [0.15, 0.2) is 11.5 Å². The Labute approximate surface area is 211 Å². The van der Waals surface area contributed by atoms with Crippen molar-refractivity contribution in [2.24, 2.45) is 0 Å². The summed E-state index contributed by atoms with van der Waals surface area (Å²) in [6, 6.07) is 2.61. The summed E-state index contributed by atoms with van der Waals surface area (Å²) in [4.78, 5) is 26.6. The molecule has 1 unspecified atom stereocenters. The summed E-state index contributed by atoms with van der Waals surface area (Å²) >= 11 is 5.59. The molecule has 2 aromatic heterocycles. The van der Waals surface area contributed by atoms with Gasteiger partial charge in [0.2, 0.25) is 0 Å². The topological polar surface area (TPSA) is 123 Å². The molecule has 0 aliphatic carbocycles. The number of imidazole rings is 1. The number of hydrogen-bond donors (Lipinski definition) is 3. The van der Waals surface area contributed by atoms with Crippen molar-refractivity contribution in [3.05, 3.63) is 41.4 Å². The van der Waals surface area contributed by atoms with Gasteiger partial charge in [0.1, 0.15) is 11.8 Å². The zero-order valence-electron chi connectivity index (χ0n) is 19.8. The molecule has 0 fully saturated rings. The van der Waals surface area contributed by atoms with E-state index in [1.165, 1.54) is 12.4 Å². The van der Waals surface area contributed by atoms with Gasteiger partial charge >= 0.3 is 12.2 Å². The van der Waals surface area contributed by atoms with Crippen LogP contribution in [0.2, 0.25) is 5.02 Å². The Kier molecular flexibility index (Phi) is 9.29. The summed E-state index contributed by atoms with van der Waals surface area (Å²) in [5, 5.41) is 4.60. The van der Waals surface area contributed by atoms with Crippen molar-refractivity contribution in [1.29, 1.82) is 0 Å². The van der Waals surface area contributed by atoms with E-state index in [9.17, 15) is 18.0 Å². The number of amides is 2. The highest BCUT2D eigenvalue weighted by molar-refractivity contribution is 6.31. The van der Waals surface area contributed by atoms with Crippen LogP contribution in [0.1, 0.15) is 18.4 Å². The lowest BCUT2D eigenvalue weighted by Crippen LogP contribution is -2.35. The van der Waals surface area contributed by atoms with Crippen LogP contribution in [-0.4, -0.2) is 70.3 Å². The molecular weight excluding hydrogens is 501 g/mol. The van der Waals surface area contributed by atoms with Gasteiger partial charge in [-0.3, -0.25) is 0 Å². The van der Waals surface area contributed by atoms with Crippen LogP contribution in [0.25, 0.3) is 11.2 Å². The second-order valence-electron chi connectivity index (χ2n) is 8.20. The largest absolute Gasteiger partial charge is 0.417 e. The van der Waals surface area contributed by atoms with Gasteiger partial charge in [-0.1, -0.05) is 11.6 Å². The monoisotopic (exact) mass is 528 g/mol. The number of methoxy groups -OCH3 is 1. The summed E-state index contributed by atoms with van der Waals surface area (Å²) < 4.78 is 46.4. The number of anilines is 2. The summed E-state index contributed by atoms with van der Waals surface area (Å²) in [6.45, 7) is 2.33. The number of rotatable bonds is 11. The van der Waals surface area contributed by atoms with E-state index in [0.717, 1.165) is 18.6 Å². The third kappa shape index (κ3) is 7.42. The molecule has 1 atom stereocenters. The van der Waals surface area contributed by atoms with Gasteiger partial charge < -0.3 is 30.6 Å². The summed E-state index contributed by atoms with van der Waals surface area (Å²) in [5.41, 5.74) is 6.06. The minimum Gasteiger partial charge on any atom is -0.382 e. The Balaban J connectivity index is 1.38. The molecule has 1 aromatic carbocycles. The summed E-state index contributed by atoms with van der Waals surface area (Å²) in [5.74, 6) is 0.336. The minimum absolute atomic E-state index is 0.00380. The number of urea groups is 1. The van der Waals surface area contributed by atoms with Crippen LogP contribution in [0.3, 0.4) is 0 Å². The molecule has 0 saturated carbocycles. The number of fused-ring (bicyclic) bond motifs is 1. The van der Waals surface area contributed by atoms with Crippen LogP contribution in [0, 0.1) is 0 Å². The van der Waals surface area contributed by atoms with Crippen molar-refractivity contribution >= 4 is 40.3 Å². The highest BCUT2D eigenvalue weighted by Gasteiger charge is 2.33. The minimum atomic E-state index is -4.61. The molecule has 0 bridgehead atoms. The van der Waals surface area contributed by atoms with Gasteiger partial charge in [-0.15, -0.1) is 0 Å². The Morgan fingerprint density at radius 3 is 2.81 bits per heavy atom. The maximum Gasteiger partial charge on any atom is 0.417 e. The van der Waals surface area contributed by atoms with E-state index in [4.69, 9.17) is 22.1 Å². The molecule has 4 N–H and O–H groups in total. The highest BCUT2D eigenvalue weighted by Crippen LogP contribution is 2.36. The molecule has 0 radical (unpaired) electrons. The van der Waals surface area contributed by atoms with Gasteiger partial charge in [0.25, 0.3) is 0 Å². The fraction of sp³-hybridized carbons (Fsp3) is 0.455. The number of nitrogens with one attached hydrogen (secondary N) is 2. The first-order chi connectivity index (χ1) is 17.1. The number of nitrogens with zero attached hydrogens (tertiary/aromatic N) is 5. The highest BCUT2D eigenvalue weighted by atomic mass is 35.5. The van der Waals surface area contributed by atoms with Gasteiger partial charge in [0.05, 0.1) is 23.0 Å². The normalized spacial score (nSPS) is 12.8. The van der Waals surface area contributed by atoms with E-state index in [2.05, 4.69) is 30.5 Å². The van der Waals surface area contributed by atoms with Crippen LogP contribution in [0.5, 0.6) is 0 Å². The average Bonchev–Trinajstić information content (AvgIpc) is 3.24. The van der Waals surface area contributed by atoms with E-state index < -0.39 is 22.8 Å². The molecular formula is C22H28ClF3N8O2. The first-order valence-corrected chi connectivity index (χ1v) is 11.5. The fourth-order valence-corrected chi connectivity index (χ4v) is 3.84. The van der Waals surface area contributed by atoms with E-state index in [-0.39, 0.29) is 11.8 Å². The van der Waals surface area contributed by atoms with Crippen molar-refractivity contribution < 1.29 is 22.7 Å². The summed E-state index contributed by atoms with van der Waals surface area (Å²) in [6.07, 6.45) is -0.215. The lowest BCUT2D eigenvalue weighted by atomic mass is 10.2. The van der Waals surface area contributed by atoms with Crippen LogP contribution in [0.15, 0.2) is 30.9 Å². The Morgan fingerprint density at radius 2 is 2.08 bits per heavy atom. The van der Waals surface area contributed by atoms with Gasteiger partial charge in [0, 0.05) is 32.4 Å². The molecule has 0 aliphatic rings. The number of aryl methyl sites for hydroxylation is 1. The molecule has 2 heterocycles.